The van der Waals surface area contributed by atoms with Crippen LogP contribution in [0.1, 0.15) is 23.1 Å². The summed E-state index contributed by atoms with van der Waals surface area (Å²) < 4.78 is 1.91. The number of thiazole rings is 1. The lowest BCUT2D eigenvalue weighted by molar-refractivity contribution is -0.121. The van der Waals surface area contributed by atoms with Gasteiger partial charge in [-0.15, -0.1) is 11.3 Å². The molecule has 0 saturated carbocycles. The van der Waals surface area contributed by atoms with Crippen LogP contribution < -0.4 is 5.32 Å². The molecule has 0 aliphatic rings. The van der Waals surface area contributed by atoms with Gasteiger partial charge in [0, 0.05) is 35.4 Å². The molecule has 1 amide bonds. The number of nitrogens with zero attached hydrogens (tertiary/aromatic N) is 3. The summed E-state index contributed by atoms with van der Waals surface area (Å²) in [6, 6.07) is 17.1. The Morgan fingerprint density at radius 3 is 2.76 bits per heavy atom. The van der Waals surface area contributed by atoms with E-state index in [1.165, 1.54) is 11.3 Å². The number of halogens is 1. The number of aryl methyl sites for hydroxylation is 1. The largest absolute Gasteiger partial charge is 0.342 e. The Morgan fingerprint density at radius 2 is 2.03 bits per heavy atom. The number of imidazole rings is 1. The number of benzene rings is 2. The van der Waals surface area contributed by atoms with E-state index in [-0.39, 0.29) is 18.4 Å². The second-order valence-corrected chi connectivity index (χ2v) is 7.93. The second kappa shape index (κ2) is 8.59. The molecule has 1 unspecified atom stereocenters. The number of hydrogen-bond acceptors (Lipinski definition) is 4. The molecule has 0 aliphatic carbocycles. The number of aromatic nitrogens is 3. The van der Waals surface area contributed by atoms with E-state index in [2.05, 4.69) is 15.3 Å². The smallest absolute Gasteiger partial charge is 0.226 e. The van der Waals surface area contributed by atoms with Gasteiger partial charge in [-0.1, -0.05) is 54.1 Å². The van der Waals surface area contributed by atoms with E-state index in [1.807, 2.05) is 77.8 Å². The number of carbonyl (C=O) groups excluding carboxylic acids is 1. The van der Waals surface area contributed by atoms with E-state index in [0.29, 0.717) is 5.02 Å². The number of nitrogens with one attached hydrogen (secondary N) is 1. The van der Waals surface area contributed by atoms with Crippen LogP contribution >= 0.6 is 22.9 Å². The lowest BCUT2D eigenvalue weighted by Gasteiger charge is -2.19. The van der Waals surface area contributed by atoms with Gasteiger partial charge in [-0.25, -0.2) is 9.97 Å². The zero-order valence-electron chi connectivity index (χ0n) is 15.7. The molecule has 7 heteroatoms. The van der Waals surface area contributed by atoms with Crippen molar-refractivity contribution in [2.24, 2.45) is 7.05 Å². The molecular weight excluding hydrogens is 404 g/mol. The molecule has 2 aromatic heterocycles. The van der Waals surface area contributed by atoms with E-state index in [9.17, 15) is 4.79 Å². The first-order chi connectivity index (χ1) is 14.1. The average molecular weight is 423 g/mol. The van der Waals surface area contributed by atoms with E-state index >= 15 is 0 Å². The van der Waals surface area contributed by atoms with Crippen molar-refractivity contribution in [3.63, 3.8) is 0 Å². The Kier molecular flexibility index (Phi) is 5.74. The minimum absolute atomic E-state index is 0.107. The summed E-state index contributed by atoms with van der Waals surface area (Å²) in [6.07, 6.45) is 3.80. The van der Waals surface area contributed by atoms with Gasteiger partial charge in [0.25, 0.3) is 0 Å². The SMILES string of the molecule is Cn1ccnc1C(NC(=O)Cc1csc(-c2cccc(Cl)c2)n1)c1ccccc1. The molecule has 0 fully saturated rings. The first-order valence-corrected chi connectivity index (χ1v) is 10.4. The molecule has 4 rings (SSSR count). The van der Waals surface area contributed by atoms with E-state index in [0.717, 1.165) is 27.7 Å². The average Bonchev–Trinajstić information content (AvgIpc) is 3.36. The minimum Gasteiger partial charge on any atom is -0.342 e. The standard InChI is InChI=1S/C22H19ClN4OS/c1-27-11-10-24-21(27)20(15-6-3-2-4-7-15)26-19(28)13-18-14-29-22(25-18)16-8-5-9-17(23)12-16/h2-12,14,20H,13H2,1H3,(H,26,28). The van der Waals surface area contributed by atoms with Crippen molar-refractivity contribution >= 4 is 28.8 Å². The monoisotopic (exact) mass is 422 g/mol. The molecule has 29 heavy (non-hydrogen) atoms. The molecule has 1 N–H and O–H groups in total. The predicted molar refractivity (Wildman–Crippen MR) is 116 cm³/mol. The second-order valence-electron chi connectivity index (χ2n) is 6.64. The van der Waals surface area contributed by atoms with Gasteiger partial charge in [-0.3, -0.25) is 4.79 Å². The molecule has 2 aromatic carbocycles. The van der Waals surface area contributed by atoms with Gasteiger partial charge >= 0.3 is 0 Å². The maximum Gasteiger partial charge on any atom is 0.226 e. The van der Waals surface area contributed by atoms with E-state index in [1.54, 1.807) is 6.20 Å². The number of carbonyl (C=O) groups is 1. The summed E-state index contributed by atoms with van der Waals surface area (Å²) in [5.41, 5.74) is 2.66. The molecular formula is C22H19ClN4OS. The fourth-order valence-corrected chi connectivity index (χ4v) is 4.12. The molecule has 4 aromatic rings. The maximum atomic E-state index is 12.8. The Bertz CT molecular complexity index is 1120. The highest BCUT2D eigenvalue weighted by Gasteiger charge is 2.21. The van der Waals surface area contributed by atoms with Gasteiger partial charge in [0.15, 0.2) is 0 Å². The highest BCUT2D eigenvalue weighted by molar-refractivity contribution is 7.13. The van der Waals surface area contributed by atoms with E-state index < -0.39 is 0 Å². The molecule has 2 heterocycles. The van der Waals surface area contributed by atoms with Gasteiger partial charge in [0.2, 0.25) is 5.91 Å². The molecule has 5 nitrogen and oxygen atoms in total. The number of rotatable bonds is 6. The molecule has 0 bridgehead atoms. The Balaban J connectivity index is 1.51. The first-order valence-electron chi connectivity index (χ1n) is 9.12. The lowest BCUT2D eigenvalue weighted by atomic mass is 10.1. The van der Waals surface area contributed by atoms with Gasteiger partial charge < -0.3 is 9.88 Å². The fourth-order valence-electron chi connectivity index (χ4n) is 3.12. The van der Waals surface area contributed by atoms with Crippen molar-refractivity contribution < 1.29 is 4.79 Å². The molecule has 1 atom stereocenters. The number of hydrogen-bond donors (Lipinski definition) is 1. The Labute approximate surface area is 178 Å². The quantitative estimate of drug-likeness (QED) is 0.492. The van der Waals surface area contributed by atoms with Crippen molar-refractivity contribution in [3.05, 3.63) is 94.5 Å². The highest BCUT2D eigenvalue weighted by Crippen LogP contribution is 2.26. The summed E-state index contributed by atoms with van der Waals surface area (Å²) in [6.45, 7) is 0. The summed E-state index contributed by atoms with van der Waals surface area (Å²) in [5.74, 6) is 0.673. The molecule has 0 spiro atoms. The van der Waals surface area contributed by atoms with Crippen LogP contribution in [0.5, 0.6) is 0 Å². The van der Waals surface area contributed by atoms with Gasteiger partial charge in [-0.05, 0) is 17.7 Å². The minimum atomic E-state index is -0.324. The van der Waals surface area contributed by atoms with E-state index in [4.69, 9.17) is 11.6 Å². The van der Waals surface area contributed by atoms with Crippen molar-refractivity contribution in [1.29, 1.82) is 0 Å². The summed E-state index contributed by atoms with van der Waals surface area (Å²) in [5, 5.41) is 6.53. The predicted octanol–water partition coefficient (Wildman–Crippen LogP) is 4.65. The summed E-state index contributed by atoms with van der Waals surface area (Å²) in [7, 11) is 1.92. The third-order valence-electron chi connectivity index (χ3n) is 4.52. The van der Waals surface area contributed by atoms with Crippen molar-refractivity contribution in [2.45, 2.75) is 12.5 Å². The van der Waals surface area contributed by atoms with Crippen LogP contribution in [0, 0.1) is 0 Å². The van der Waals surface area contributed by atoms with Crippen LogP contribution in [0.15, 0.2) is 72.4 Å². The molecule has 0 saturated heterocycles. The zero-order valence-corrected chi connectivity index (χ0v) is 17.3. The maximum absolute atomic E-state index is 12.8. The van der Waals surface area contributed by atoms with Crippen LogP contribution in [0.2, 0.25) is 5.02 Å². The lowest BCUT2D eigenvalue weighted by Crippen LogP contribution is -2.32. The Hall–Kier alpha value is -2.96. The van der Waals surface area contributed by atoms with Crippen molar-refractivity contribution in [3.8, 4) is 10.6 Å². The molecule has 0 radical (unpaired) electrons. The topological polar surface area (TPSA) is 59.8 Å². The molecule has 146 valence electrons. The fraction of sp³-hybridized carbons (Fsp3) is 0.136. The normalized spacial score (nSPS) is 11.9. The zero-order chi connectivity index (χ0) is 20.2. The van der Waals surface area contributed by atoms with Gasteiger partial charge in [0.1, 0.15) is 16.9 Å². The summed E-state index contributed by atoms with van der Waals surface area (Å²) in [4.78, 5) is 21.8. The van der Waals surface area contributed by atoms with Crippen LogP contribution in [0.3, 0.4) is 0 Å². The number of amides is 1. The van der Waals surface area contributed by atoms with Crippen molar-refractivity contribution in [2.75, 3.05) is 0 Å². The third kappa shape index (κ3) is 4.55. The van der Waals surface area contributed by atoms with Crippen LogP contribution in [-0.2, 0) is 18.3 Å². The summed E-state index contributed by atoms with van der Waals surface area (Å²) >= 11 is 7.57. The van der Waals surface area contributed by atoms with Crippen LogP contribution in [0.25, 0.3) is 10.6 Å². The Morgan fingerprint density at radius 1 is 1.21 bits per heavy atom. The molecule has 0 aliphatic heterocycles. The first kappa shape index (κ1) is 19.4. The third-order valence-corrected chi connectivity index (χ3v) is 5.70. The van der Waals surface area contributed by atoms with Crippen LogP contribution in [-0.4, -0.2) is 20.4 Å². The highest BCUT2D eigenvalue weighted by atomic mass is 35.5. The van der Waals surface area contributed by atoms with Crippen LogP contribution in [0.4, 0.5) is 0 Å². The van der Waals surface area contributed by atoms with Crippen molar-refractivity contribution in [1.82, 2.24) is 19.9 Å². The van der Waals surface area contributed by atoms with Gasteiger partial charge in [-0.2, -0.15) is 0 Å². The van der Waals surface area contributed by atoms with Gasteiger partial charge in [0.05, 0.1) is 12.1 Å².